The Balaban J connectivity index is 1.99. The fourth-order valence-corrected chi connectivity index (χ4v) is 3.10. The van der Waals surface area contributed by atoms with Crippen molar-refractivity contribution >= 4 is 16.7 Å². The minimum atomic E-state index is -0.101. The summed E-state index contributed by atoms with van der Waals surface area (Å²) in [6, 6.07) is 26.9. The zero-order chi connectivity index (χ0) is 17.9. The molecule has 0 aliphatic heterocycles. The summed E-state index contributed by atoms with van der Waals surface area (Å²) >= 11 is 0. The van der Waals surface area contributed by atoms with Crippen LogP contribution in [-0.2, 0) is 0 Å². The van der Waals surface area contributed by atoms with Crippen molar-refractivity contribution in [2.75, 3.05) is 7.11 Å². The van der Waals surface area contributed by atoms with Crippen LogP contribution in [0.15, 0.2) is 84.9 Å². The molecule has 1 aromatic heterocycles. The minimum absolute atomic E-state index is 0.101. The molecular formula is C23H17NO2. The van der Waals surface area contributed by atoms with Gasteiger partial charge < -0.3 is 4.74 Å². The Morgan fingerprint density at radius 3 is 2.23 bits per heavy atom. The molecule has 3 heteroatoms. The highest BCUT2D eigenvalue weighted by atomic mass is 16.5. The summed E-state index contributed by atoms with van der Waals surface area (Å²) in [4.78, 5) is 17.6. The van der Waals surface area contributed by atoms with Crippen molar-refractivity contribution in [3.63, 3.8) is 0 Å². The van der Waals surface area contributed by atoms with E-state index in [2.05, 4.69) is 4.98 Å². The number of para-hydroxylation sites is 1. The second kappa shape index (κ2) is 6.81. The highest BCUT2D eigenvalue weighted by molar-refractivity contribution is 6.11. The van der Waals surface area contributed by atoms with E-state index in [9.17, 15) is 4.79 Å². The van der Waals surface area contributed by atoms with Gasteiger partial charge in [-0.2, -0.15) is 0 Å². The summed E-state index contributed by atoms with van der Waals surface area (Å²) in [5.74, 6) is 0.554. The van der Waals surface area contributed by atoms with Crippen molar-refractivity contribution in [2.45, 2.75) is 0 Å². The molecule has 4 aromatic rings. The van der Waals surface area contributed by atoms with Crippen LogP contribution in [0.4, 0.5) is 0 Å². The predicted octanol–water partition coefficient (Wildman–Crippen LogP) is 5.14. The van der Waals surface area contributed by atoms with Crippen LogP contribution in [0.1, 0.15) is 16.1 Å². The van der Waals surface area contributed by atoms with Gasteiger partial charge in [0.05, 0.1) is 7.11 Å². The van der Waals surface area contributed by atoms with E-state index in [1.807, 2.05) is 72.8 Å². The first-order valence-electron chi connectivity index (χ1n) is 8.41. The van der Waals surface area contributed by atoms with E-state index in [0.29, 0.717) is 22.5 Å². The Hall–Kier alpha value is -3.46. The predicted molar refractivity (Wildman–Crippen MR) is 104 cm³/mol. The van der Waals surface area contributed by atoms with Crippen molar-refractivity contribution in [1.29, 1.82) is 0 Å². The molecule has 0 aliphatic carbocycles. The van der Waals surface area contributed by atoms with E-state index in [1.165, 1.54) is 0 Å². The van der Waals surface area contributed by atoms with E-state index in [4.69, 9.17) is 4.74 Å². The molecule has 0 spiro atoms. The fraction of sp³-hybridized carbons (Fsp3) is 0.0435. The van der Waals surface area contributed by atoms with E-state index in [0.717, 1.165) is 16.5 Å². The summed E-state index contributed by atoms with van der Waals surface area (Å²) < 4.78 is 5.48. The molecule has 0 saturated heterocycles. The molecule has 0 N–H and O–H groups in total. The van der Waals surface area contributed by atoms with E-state index in [1.54, 1.807) is 19.2 Å². The molecule has 126 valence electrons. The van der Waals surface area contributed by atoms with E-state index in [-0.39, 0.29) is 5.78 Å². The average Bonchev–Trinajstić information content (AvgIpc) is 2.73. The molecule has 0 saturated carbocycles. The van der Waals surface area contributed by atoms with Crippen LogP contribution in [0.5, 0.6) is 5.75 Å². The zero-order valence-electron chi connectivity index (χ0n) is 14.3. The molecule has 0 unspecified atom stereocenters. The normalized spacial score (nSPS) is 10.7. The van der Waals surface area contributed by atoms with Gasteiger partial charge >= 0.3 is 0 Å². The number of nitrogens with zero attached hydrogens (tertiary/aromatic N) is 1. The third-order valence-electron chi connectivity index (χ3n) is 4.38. The quantitative estimate of drug-likeness (QED) is 0.483. The van der Waals surface area contributed by atoms with Gasteiger partial charge in [-0.3, -0.25) is 4.79 Å². The zero-order valence-corrected chi connectivity index (χ0v) is 14.3. The lowest BCUT2D eigenvalue weighted by Gasteiger charge is -2.12. The van der Waals surface area contributed by atoms with Gasteiger partial charge in [0.25, 0.3) is 0 Å². The number of aromatic nitrogens is 1. The largest absolute Gasteiger partial charge is 0.494 e. The first kappa shape index (κ1) is 16.0. The topological polar surface area (TPSA) is 39.2 Å². The molecule has 0 aliphatic rings. The molecule has 0 atom stereocenters. The number of hydrogen-bond donors (Lipinski definition) is 0. The summed E-state index contributed by atoms with van der Waals surface area (Å²) in [7, 11) is 1.62. The lowest BCUT2D eigenvalue weighted by Crippen LogP contribution is -2.05. The maximum atomic E-state index is 13.0. The van der Waals surface area contributed by atoms with Crippen LogP contribution in [-0.4, -0.2) is 17.9 Å². The molecule has 4 rings (SSSR count). The van der Waals surface area contributed by atoms with Crippen molar-refractivity contribution in [3.05, 3.63) is 96.2 Å². The number of hydrogen-bond acceptors (Lipinski definition) is 3. The van der Waals surface area contributed by atoms with Crippen molar-refractivity contribution < 1.29 is 9.53 Å². The lowest BCUT2D eigenvalue weighted by atomic mass is 9.97. The number of rotatable bonds is 4. The second-order valence-corrected chi connectivity index (χ2v) is 5.97. The van der Waals surface area contributed by atoms with Gasteiger partial charge in [0.2, 0.25) is 5.78 Å². The molecule has 3 aromatic carbocycles. The van der Waals surface area contributed by atoms with Gasteiger partial charge in [-0.05, 0) is 23.3 Å². The number of pyridine rings is 1. The number of benzene rings is 3. The highest BCUT2D eigenvalue weighted by Gasteiger charge is 2.16. The Kier molecular flexibility index (Phi) is 4.20. The molecule has 3 nitrogen and oxygen atoms in total. The van der Waals surface area contributed by atoms with Crippen molar-refractivity contribution in [1.82, 2.24) is 4.98 Å². The minimum Gasteiger partial charge on any atom is -0.494 e. The number of fused-ring (bicyclic) bond motifs is 1. The first-order chi connectivity index (χ1) is 12.8. The molecular weight excluding hydrogens is 322 g/mol. The smallest absolute Gasteiger partial charge is 0.211 e. The summed E-state index contributed by atoms with van der Waals surface area (Å²) in [5.41, 5.74) is 3.72. The number of carbonyl (C=O) groups excluding carboxylic acids is 1. The van der Waals surface area contributed by atoms with E-state index < -0.39 is 0 Å². The number of methoxy groups -OCH3 is 1. The average molecular weight is 339 g/mol. The molecule has 0 radical (unpaired) electrons. The van der Waals surface area contributed by atoms with Crippen molar-refractivity contribution in [3.8, 4) is 16.9 Å². The number of ether oxygens (including phenoxy) is 1. The molecule has 26 heavy (non-hydrogen) atoms. The fourth-order valence-electron chi connectivity index (χ4n) is 3.10. The Labute approximate surface area is 151 Å². The molecule has 0 fully saturated rings. The summed E-state index contributed by atoms with van der Waals surface area (Å²) in [6.07, 6.45) is 0. The third kappa shape index (κ3) is 2.84. The first-order valence-corrected chi connectivity index (χ1v) is 8.41. The Bertz CT molecular complexity index is 1070. The van der Waals surface area contributed by atoms with Gasteiger partial charge in [0.1, 0.15) is 17.0 Å². The maximum absolute atomic E-state index is 13.0. The maximum Gasteiger partial charge on any atom is 0.211 e. The molecule has 0 bridgehead atoms. The van der Waals surface area contributed by atoms with Gasteiger partial charge in [-0.25, -0.2) is 4.98 Å². The van der Waals surface area contributed by atoms with Gasteiger partial charge in [-0.15, -0.1) is 0 Å². The number of ketones is 1. The standard InChI is InChI=1S/C23H17NO2/c1-26-21-14-8-13-18-19(16-9-4-2-5-10-16)15-20(24-22(18)21)23(25)17-11-6-3-7-12-17/h2-15H,1H3. The van der Waals surface area contributed by atoms with Crippen LogP contribution in [0, 0.1) is 0 Å². The lowest BCUT2D eigenvalue weighted by molar-refractivity contribution is 0.103. The molecule has 1 heterocycles. The Morgan fingerprint density at radius 1 is 0.846 bits per heavy atom. The van der Waals surface area contributed by atoms with Gasteiger partial charge in [-0.1, -0.05) is 72.8 Å². The van der Waals surface area contributed by atoms with Crippen LogP contribution in [0.2, 0.25) is 0 Å². The summed E-state index contributed by atoms with van der Waals surface area (Å²) in [5, 5.41) is 0.958. The van der Waals surface area contributed by atoms with Crippen LogP contribution in [0.3, 0.4) is 0 Å². The Morgan fingerprint density at radius 2 is 1.54 bits per heavy atom. The number of carbonyl (C=O) groups is 1. The monoisotopic (exact) mass is 339 g/mol. The van der Waals surface area contributed by atoms with Gasteiger partial charge in [0, 0.05) is 10.9 Å². The van der Waals surface area contributed by atoms with E-state index >= 15 is 0 Å². The summed E-state index contributed by atoms with van der Waals surface area (Å²) in [6.45, 7) is 0. The van der Waals surface area contributed by atoms with Crippen molar-refractivity contribution in [2.24, 2.45) is 0 Å². The van der Waals surface area contributed by atoms with Gasteiger partial charge in [0.15, 0.2) is 0 Å². The highest BCUT2D eigenvalue weighted by Crippen LogP contribution is 2.33. The second-order valence-electron chi connectivity index (χ2n) is 5.97. The molecule has 0 amide bonds. The van der Waals surface area contributed by atoms with Crippen LogP contribution in [0.25, 0.3) is 22.0 Å². The third-order valence-corrected chi connectivity index (χ3v) is 4.38. The van der Waals surface area contributed by atoms with Crippen LogP contribution < -0.4 is 4.74 Å². The SMILES string of the molecule is COc1cccc2c(-c3ccccc3)cc(C(=O)c3ccccc3)nc12. The van der Waals surface area contributed by atoms with Crippen LogP contribution >= 0.6 is 0 Å².